The van der Waals surface area contributed by atoms with Crippen molar-refractivity contribution in [2.45, 2.75) is 25.7 Å². The number of esters is 1. The number of likely N-dealkylation sites (tertiary alicyclic amines) is 1. The summed E-state index contributed by atoms with van der Waals surface area (Å²) in [4.78, 5) is 49.1. The molecule has 1 aliphatic carbocycles. The van der Waals surface area contributed by atoms with Gasteiger partial charge in [-0.15, -0.1) is 0 Å². The van der Waals surface area contributed by atoms with Crippen LogP contribution in [0.15, 0.2) is 18.2 Å². The molecule has 1 heterocycles. The maximum Gasteiger partial charge on any atom is 0.326 e. The molecule has 144 valence electrons. The van der Waals surface area contributed by atoms with Gasteiger partial charge in [-0.2, -0.15) is 0 Å². The normalized spacial score (nSPS) is 21.8. The predicted octanol–water partition coefficient (Wildman–Crippen LogP) is 1.62. The summed E-state index contributed by atoms with van der Waals surface area (Å²) in [5.74, 6) is -5.00. The smallest absolute Gasteiger partial charge is 0.326 e. The molecule has 1 saturated carbocycles. The van der Waals surface area contributed by atoms with Crippen LogP contribution in [0.25, 0.3) is 0 Å². The number of imide groups is 1. The number of carbonyl (C=O) groups is 4. The van der Waals surface area contributed by atoms with Gasteiger partial charge in [0, 0.05) is 6.07 Å². The Hall–Kier alpha value is -2.84. The average molecular weight is 380 g/mol. The van der Waals surface area contributed by atoms with Crippen LogP contribution in [-0.4, -0.2) is 41.7 Å². The number of nitrogens with zero attached hydrogens (tertiary/aromatic N) is 1. The van der Waals surface area contributed by atoms with Crippen molar-refractivity contribution in [2.24, 2.45) is 11.8 Å². The highest BCUT2D eigenvalue weighted by Gasteiger charge is 2.48. The van der Waals surface area contributed by atoms with Gasteiger partial charge in [0.1, 0.15) is 18.2 Å². The summed E-state index contributed by atoms with van der Waals surface area (Å²) in [6.45, 7) is -1.28. The summed E-state index contributed by atoms with van der Waals surface area (Å²) in [7, 11) is 0. The summed E-state index contributed by atoms with van der Waals surface area (Å²) in [6.07, 6.45) is 3.01. The van der Waals surface area contributed by atoms with Crippen LogP contribution in [0.2, 0.25) is 0 Å². The number of amides is 3. The Morgan fingerprint density at radius 1 is 1.11 bits per heavy atom. The fourth-order valence-electron chi connectivity index (χ4n) is 3.48. The highest BCUT2D eigenvalue weighted by molar-refractivity contribution is 6.07. The first-order valence-corrected chi connectivity index (χ1v) is 8.62. The molecule has 0 radical (unpaired) electrons. The summed E-state index contributed by atoms with van der Waals surface area (Å²) >= 11 is 0. The van der Waals surface area contributed by atoms with E-state index in [-0.39, 0.29) is 29.3 Å². The van der Waals surface area contributed by atoms with Crippen LogP contribution in [0.1, 0.15) is 25.7 Å². The van der Waals surface area contributed by atoms with E-state index in [1.54, 1.807) is 0 Å². The zero-order valence-corrected chi connectivity index (χ0v) is 14.4. The second-order valence-corrected chi connectivity index (χ2v) is 6.59. The molecule has 0 bridgehead atoms. The standard InChI is InChI=1S/C18H18F2N2O5/c19-10-5-6-14(13(20)7-10)21-15(23)9-27-16(24)8-22-17(25)11-3-1-2-4-12(11)18(22)26/h5-7,11-12H,1-4,8-9H2,(H,21,23)/t11-,12-/m1/s1. The number of hydrogen-bond donors (Lipinski definition) is 1. The Morgan fingerprint density at radius 3 is 2.33 bits per heavy atom. The molecule has 1 N–H and O–H groups in total. The average Bonchev–Trinajstić information content (AvgIpc) is 2.88. The number of carbonyl (C=O) groups excluding carboxylic acids is 4. The predicted molar refractivity (Wildman–Crippen MR) is 88.1 cm³/mol. The van der Waals surface area contributed by atoms with Crippen molar-refractivity contribution in [3.63, 3.8) is 0 Å². The van der Waals surface area contributed by atoms with Crippen LogP contribution in [0.4, 0.5) is 14.5 Å². The summed E-state index contributed by atoms with van der Waals surface area (Å²) < 4.78 is 31.1. The van der Waals surface area contributed by atoms with Crippen LogP contribution in [0, 0.1) is 23.5 Å². The van der Waals surface area contributed by atoms with Gasteiger partial charge in [-0.1, -0.05) is 12.8 Å². The Labute approximate surface area is 153 Å². The zero-order chi connectivity index (χ0) is 19.6. The summed E-state index contributed by atoms with van der Waals surface area (Å²) in [6, 6.07) is 2.61. The lowest BCUT2D eigenvalue weighted by Crippen LogP contribution is -2.37. The lowest BCUT2D eigenvalue weighted by atomic mass is 9.81. The van der Waals surface area contributed by atoms with E-state index >= 15 is 0 Å². The zero-order valence-electron chi connectivity index (χ0n) is 14.4. The Balaban J connectivity index is 1.50. The second kappa shape index (κ2) is 7.81. The van der Waals surface area contributed by atoms with Gasteiger partial charge in [0.2, 0.25) is 11.8 Å². The van der Waals surface area contributed by atoms with Crippen molar-refractivity contribution in [2.75, 3.05) is 18.5 Å². The van der Waals surface area contributed by atoms with E-state index in [9.17, 15) is 28.0 Å². The van der Waals surface area contributed by atoms with E-state index in [0.717, 1.165) is 29.9 Å². The number of halogens is 2. The lowest BCUT2D eigenvalue weighted by molar-refractivity contribution is -0.154. The number of rotatable bonds is 5. The Kier molecular flexibility index (Phi) is 5.48. The van der Waals surface area contributed by atoms with Crippen LogP contribution >= 0.6 is 0 Å². The first kappa shape index (κ1) is 18.9. The van der Waals surface area contributed by atoms with Crippen molar-refractivity contribution >= 4 is 29.4 Å². The molecule has 2 atom stereocenters. The number of fused-ring (bicyclic) bond motifs is 1. The van der Waals surface area contributed by atoms with Gasteiger partial charge in [0.15, 0.2) is 6.61 Å². The Morgan fingerprint density at radius 2 is 1.74 bits per heavy atom. The van der Waals surface area contributed by atoms with Crippen molar-refractivity contribution in [1.29, 1.82) is 0 Å². The molecule has 0 unspecified atom stereocenters. The summed E-state index contributed by atoms with van der Waals surface area (Å²) in [5.41, 5.74) is -0.258. The van der Waals surface area contributed by atoms with Gasteiger partial charge in [0.05, 0.1) is 17.5 Å². The van der Waals surface area contributed by atoms with Crippen molar-refractivity contribution < 1.29 is 32.7 Å². The monoisotopic (exact) mass is 380 g/mol. The van der Waals surface area contributed by atoms with E-state index in [1.165, 1.54) is 0 Å². The van der Waals surface area contributed by atoms with Gasteiger partial charge in [0.25, 0.3) is 5.91 Å². The highest BCUT2D eigenvalue weighted by atomic mass is 19.1. The van der Waals surface area contributed by atoms with Crippen molar-refractivity contribution in [3.8, 4) is 0 Å². The van der Waals surface area contributed by atoms with E-state index in [1.807, 2.05) is 0 Å². The first-order chi connectivity index (χ1) is 12.9. The molecule has 9 heteroatoms. The molecule has 2 fully saturated rings. The molecule has 0 spiro atoms. The van der Waals surface area contributed by atoms with Crippen LogP contribution in [-0.2, 0) is 23.9 Å². The van der Waals surface area contributed by atoms with Crippen LogP contribution in [0.5, 0.6) is 0 Å². The van der Waals surface area contributed by atoms with Crippen molar-refractivity contribution in [3.05, 3.63) is 29.8 Å². The van der Waals surface area contributed by atoms with E-state index in [4.69, 9.17) is 4.74 Å². The maximum atomic E-state index is 13.5. The molecule has 0 aromatic heterocycles. The Bertz CT molecular complexity index is 774. The third-order valence-corrected chi connectivity index (χ3v) is 4.79. The number of benzene rings is 1. The molecule has 1 aliphatic heterocycles. The minimum Gasteiger partial charge on any atom is -0.454 e. The van der Waals surface area contributed by atoms with Crippen LogP contribution < -0.4 is 5.32 Å². The molecular weight excluding hydrogens is 362 g/mol. The first-order valence-electron chi connectivity index (χ1n) is 8.62. The molecule has 27 heavy (non-hydrogen) atoms. The third-order valence-electron chi connectivity index (χ3n) is 4.79. The number of nitrogens with one attached hydrogen (secondary N) is 1. The van der Waals surface area contributed by atoms with E-state index < -0.39 is 36.7 Å². The number of ether oxygens (including phenoxy) is 1. The number of anilines is 1. The topological polar surface area (TPSA) is 92.8 Å². The van der Waals surface area contributed by atoms with E-state index in [0.29, 0.717) is 18.9 Å². The van der Waals surface area contributed by atoms with Gasteiger partial charge in [-0.05, 0) is 25.0 Å². The van der Waals surface area contributed by atoms with E-state index in [2.05, 4.69) is 5.32 Å². The molecule has 1 saturated heterocycles. The third kappa shape index (κ3) is 4.12. The second-order valence-electron chi connectivity index (χ2n) is 6.59. The highest BCUT2D eigenvalue weighted by Crippen LogP contribution is 2.37. The molecule has 2 aliphatic rings. The van der Waals surface area contributed by atoms with Gasteiger partial charge in [-0.25, -0.2) is 8.78 Å². The molecule has 1 aromatic carbocycles. The molecular formula is C18H18F2N2O5. The fourth-order valence-corrected chi connectivity index (χ4v) is 3.48. The van der Waals surface area contributed by atoms with Crippen molar-refractivity contribution in [1.82, 2.24) is 4.90 Å². The van der Waals surface area contributed by atoms with Gasteiger partial charge >= 0.3 is 5.97 Å². The lowest BCUT2D eigenvalue weighted by Gasteiger charge is -2.19. The minimum atomic E-state index is -0.967. The quantitative estimate of drug-likeness (QED) is 0.619. The summed E-state index contributed by atoms with van der Waals surface area (Å²) in [5, 5.41) is 2.14. The molecule has 3 rings (SSSR count). The fraction of sp³-hybridized carbons (Fsp3) is 0.444. The van der Waals surface area contributed by atoms with Crippen LogP contribution in [0.3, 0.4) is 0 Å². The number of hydrogen-bond acceptors (Lipinski definition) is 5. The maximum absolute atomic E-state index is 13.5. The molecule has 1 aromatic rings. The minimum absolute atomic E-state index is 0.258. The molecule has 3 amide bonds. The molecule has 7 nitrogen and oxygen atoms in total. The van der Waals surface area contributed by atoms with Gasteiger partial charge < -0.3 is 10.1 Å². The van der Waals surface area contributed by atoms with Gasteiger partial charge in [-0.3, -0.25) is 24.1 Å². The SMILES string of the molecule is O=C(COC(=O)CN1C(=O)[C@@H]2CCCC[C@H]2C1=O)Nc1ccc(F)cc1F. The largest absolute Gasteiger partial charge is 0.454 e.